The lowest BCUT2D eigenvalue weighted by atomic mass is 9.90. The molecule has 1 fully saturated rings. The molecule has 0 spiro atoms. The van der Waals surface area contributed by atoms with Crippen LogP contribution >= 0.6 is 0 Å². The standard InChI is InChI=1S/C13H23NO4/c1-5-10-8-9(11(15)16)6-7-14(10)12(17)18-13(2,3)4/h9-10H,5-8H2,1-4H3,(H,15,16)/t9-,10-/m1/s1. The first-order valence-electron chi connectivity index (χ1n) is 6.47. The molecule has 0 aliphatic carbocycles. The number of carboxylic acids is 1. The van der Waals surface area contributed by atoms with Crippen LogP contribution in [0.5, 0.6) is 0 Å². The minimum atomic E-state index is -0.766. The Bertz CT molecular complexity index is 321. The number of amides is 1. The van der Waals surface area contributed by atoms with Gasteiger partial charge < -0.3 is 14.7 Å². The van der Waals surface area contributed by atoms with Crippen LogP contribution in [0, 0.1) is 5.92 Å². The summed E-state index contributed by atoms with van der Waals surface area (Å²) < 4.78 is 5.34. The van der Waals surface area contributed by atoms with E-state index in [0.29, 0.717) is 19.4 Å². The number of rotatable bonds is 2. The largest absolute Gasteiger partial charge is 0.481 e. The van der Waals surface area contributed by atoms with Crippen molar-refractivity contribution in [3.63, 3.8) is 0 Å². The summed E-state index contributed by atoms with van der Waals surface area (Å²) in [5, 5.41) is 9.03. The van der Waals surface area contributed by atoms with Crippen LogP contribution in [0.25, 0.3) is 0 Å². The Morgan fingerprint density at radius 3 is 2.44 bits per heavy atom. The van der Waals surface area contributed by atoms with Crippen LogP contribution in [0.2, 0.25) is 0 Å². The van der Waals surface area contributed by atoms with Gasteiger partial charge >= 0.3 is 12.1 Å². The van der Waals surface area contributed by atoms with Crippen LogP contribution in [0.4, 0.5) is 4.79 Å². The van der Waals surface area contributed by atoms with Gasteiger partial charge in [-0.1, -0.05) is 6.92 Å². The molecule has 1 aliphatic heterocycles. The first-order chi connectivity index (χ1) is 8.24. The minimum Gasteiger partial charge on any atom is -0.481 e. The first kappa shape index (κ1) is 14.8. The summed E-state index contributed by atoms with van der Waals surface area (Å²) in [4.78, 5) is 24.7. The monoisotopic (exact) mass is 257 g/mol. The first-order valence-corrected chi connectivity index (χ1v) is 6.47. The number of carboxylic acid groups (broad SMARTS) is 1. The molecule has 0 aromatic heterocycles. The molecule has 0 bridgehead atoms. The van der Waals surface area contributed by atoms with E-state index in [2.05, 4.69) is 0 Å². The van der Waals surface area contributed by atoms with Crippen molar-refractivity contribution in [1.29, 1.82) is 0 Å². The Morgan fingerprint density at radius 1 is 1.39 bits per heavy atom. The number of ether oxygens (including phenoxy) is 1. The third-order valence-corrected chi connectivity index (χ3v) is 3.16. The second kappa shape index (κ2) is 5.59. The molecule has 18 heavy (non-hydrogen) atoms. The summed E-state index contributed by atoms with van der Waals surface area (Å²) in [5.74, 6) is -1.11. The molecule has 1 rings (SSSR count). The molecule has 1 amide bonds. The number of carbonyl (C=O) groups is 2. The van der Waals surface area contributed by atoms with E-state index < -0.39 is 11.6 Å². The predicted molar refractivity (Wildman–Crippen MR) is 67.4 cm³/mol. The Labute approximate surface area is 108 Å². The molecule has 0 unspecified atom stereocenters. The van der Waals surface area contributed by atoms with Crippen LogP contribution in [0.1, 0.15) is 47.0 Å². The summed E-state index contributed by atoms with van der Waals surface area (Å²) in [7, 11) is 0. The number of nitrogens with zero attached hydrogens (tertiary/aromatic N) is 1. The molecule has 1 saturated heterocycles. The zero-order chi connectivity index (χ0) is 13.9. The highest BCUT2D eigenvalue weighted by atomic mass is 16.6. The van der Waals surface area contributed by atoms with E-state index >= 15 is 0 Å². The van der Waals surface area contributed by atoms with Crippen molar-refractivity contribution in [2.45, 2.75) is 58.6 Å². The van der Waals surface area contributed by atoms with E-state index in [0.717, 1.165) is 6.42 Å². The lowest BCUT2D eigenvalue weighted by molar-refractivity contribution is -0.144. The van der Waals surface area contributed by atoms with Crippen LogP contribution < -0.4 is 0 Å². The van der Waals surface area contributed by atoms with Gasteiger partial charge in [-0.05, 0) is 40.0 Å². The lowest BCUT2D eigenvalue weighted by Crippen LogP contribution is -2.48. The van der Waals surface area contributed by atoms with Crippen LogP contribution in [0.3, 0.4) is 0 Å². The van der Waals surface area contributed by atoms with Gasteiger partial charge in [0.15, 0.2) is 0 Å². The maximum atomic E-state index is 12.0. The highest BCUT2D eigenvalue weighted by molar-refractivity contribution is 5.72. The highest BCUT2D eigenvalue weighted by Gasteiger charge is 2.35. The maximum Gasteiger partial charge on any atom is 0.410 e. The van der Waals surface area contributed by atoms with Crippen molar-refractivity contribution in [3.8, 4) is 0 Å². The summed E-state index contributed by atoms with van der Waals surface area (Å²) in [6.07, 6.45) is 1.44. The third-order valence-electron chi connectivity index (χ3n) is 3.16. The van der Waals surface area contributed by atoms with Crippen molar-refractivity contribution < 1.29 is 19.4 Å². The van der Waals surface area contributed by atoms with Crippen molar-refractivity contribution >= 4 is 12.1 Å². The van der Waals surface area contributed by atoms with E-state index in [1.54, 1.807) is 4.90 Å². The third kappa shape index (κ3) is 3.89. The molecule has 5 nitrogen and oxygen atoms in total. The van der Waals surface area contributed by atoms with Crippen LogP contribution in [0.15, 0.2) is 0 Å². The molecular weight excluding hydrogens is 234 g/mol. The molecule has 0 aromatic carbocycles. The van der Waals surface area contributed by atoms with E-state index in [1.165, 1.54) is 0 Å². The van der Waals surface area contributed by atoms with Crippen molar-refractivity contribution in [1.82, 2.24) is 4.90 Å². The predicted octanol–water partition coefficient (Wildman–Crippen LogP) is 2.50. The molecular formula is C13H23NO4. The summed E-state index contributed by atoms with van der Waals surface area (Å²) >= 11 is 0. The number of piperidine rings is 1. The van der Waals surface area contributed by atoms with Gasteiger partial charge in [0.25, 0.3) is 0 Å². The van der Waals surface area contributed by atoms with E-state index in [4.69, 9.17) is 9.84 Å². The zero-order valence-electron chi connectivity index (χ0n) is 11.6. The van der Waals surface area contributed by atoms with Gasteiger partial charge in [0.05, 0.1) is 5.92 Å². The van der Waals surface area contributed by atoms with E-state index in [9.17, 15) is 9.59 Å². The van der Waals surface area contributed by atoms with E-state index in [1.807, 2.05) is 27.7 Å². The topological polar surface area (TPSA) is 66.8 Å². The Morgan fingerprint density at radius 2 is 2.00 bits per heavy atom. The molecule has 1 heterocycles. The van der Waals surface area contributed by atoms with E-state index in [-0.39, 0.29) is 18.1 Å². The quantitative estimate of drug-likeness (QED) is 0.825. The van der Waals surface area contributed by atoms with Gasteiger partial charge in [-0.15, -0.1) is 0 Å². The summed E-state index contributed by atoms with van der Waals surface area (Å²) in [6.45, 7) is 7.91. The normalized spacial score (nSPS) is 24.8. The van der Waals surface area contributed by atoms with Crippen LogP contribution in [-0.4, -0.2) is 40.3 Å². The highest BCUT2D eigenvalue weighted by Crippen LogP contribution is 2.26. The molecule has 104 valence electrons. The fourth-order valence-electron chi connectivity index (χ4n) is 2.22. The number of hydrogen-bond acceptors (Lipinski definition) is 3. The molecule has 0 saturated carbocycles. The minimum absolute atomic E-state index is 0.0327. The summed E-state index contributed by atoms with van der Waals surface area (Å²) in [5.41, 5.74) is -0.515. The molecule has 0 aromatic rings. The number of likely N-dealkylation sites (tertiary alicyclic amines) is 1. The van der Waals surface area contributed by atoms with Gasteiger partial charge in [-0.25, -0.2) is 4.79 Å². The maximum absolute atomic E-state index is 12.0. The van der Waals surface area contributed by atoms with Crippen LogP contribution in [-0.2, 0) is 9.53 Å². The SMILES string of the molecule is CC[C@@H]1C[C@H](C(=O)O)CCN1C(=O)OC(C)(C)C. The van der Waals surface area contributed by atoms with Gasteiger partial charge in [-0.2, -0.15) is 0 Å². The van der Waals surface area contributed by atoms with Gasteiger partial charge in [0.2, 0.25) is 0 Å². The Kier molecular flexibility index (Phi) is 4.59. The fourth-order valence-corrected chi connectivity index (χ4v) is 2.22. The zero-order valence-corrected chi connectivity index (χ0v) is 11.6. The van der Waals surface area contributed by atoms with Crippen molar-refractivity contribution in [3.05, 3.63) is 0 Å². The Hall–Kier alpha value is -1.26. The van der Waals surface area contributed by atoms with Crippen molar-refractivity contribution in [2.75, 3.05) is 6.54 Å². The smallest absolute Gasteiger partial charge is 0.410 e. The average Bonchev–Trinajstić information content (AvgIpc) is 2.25. The second-order valence-corrected chi connectivity index (χ2v) is 5.80. The lowest BCUT2D eigenvalue weighted by Gasteiger charge is -2.38. The molecule has 1 aliphatic rings. The average molecular weight is 257 g/mol. The number of aliphatic carboxylic acids is 1. The Balaban J connectivity index is 2.67. The number of hydrogen-bond donors (Lipinski definition) is 1. The summed E-state index contributed by atoms with van der Waals surface area (Å²) in [6, 6.07) is -0.0327. The van der Waals surface area contributed by atoms with Crippen molar-refractivity contribution in [2.24, 2.45) is 5.92 Å². The number of carbonyl (C=O) groups excluding carboxylic acids is 1. The van der Waals surface area contributed by atoms with Gasteiger partial charge in [-0.3, -0.25) is 4.79 Å². The molecule has 1 N–H and O–H groups in total. The fraction of sp³-hybridized carbons (Fsp3) is 0.846. The molecule has 5 heteroatoms. The molecule has 0 radical (unpaired) electrons. The van der Waals surface area contributed by atoms with Gasteiger partial charge in [0, 0.05) is 12.6 Å². The van der Waals surface area contributed by atoms with Gasteiger partial charge in [0.1, 0.15) is 5.60 Å². The molecule has 2 atom stereocenters. The second-order valence-electron chi connectivity index (χ2n) is 5.80.